The largest absolute Gasteiger partial charge is 0.378 e. The van der Waals surface area contributed by atoms with Crippen molar-refractivity contribution >= 4 is 0 Å². The van der Waals surface area contributed by atoms with E-state index >= 15 is 0 Å². The molecule has 0 spiro atoms. The van der Waals surface area contributed by atoms with Crippen LogP contribution in [-0.4, -0.2) is 43.8 Å². The molecule has 1 saturated heterocycles. The number of benzene rings is 1. The Bertz CT molecular complexity index is 404. The van der Waals surface area contributed by atoms with Crippen LogP contribution < -0.4 is 5.32 Å². The van der Waals surface area contributed by atoms with Crippen molar-refractivity contribution in [3.05, 3.63) is 35.4 Å². The highest BCUT2D eigenvalue weighted by molar-refractivity contribution is 5.25. The van der Waals surface area contributed by atoms with Crippen LogP contribution >= 0.6 is 0 Å². The van der Waals surface area contributed by atoms with Crippen molar-refractivity contribution in [3.63, 3.8) is 0 Å². The van der Waals surface area contributed by atoms with Gasteiger partial charge < -0.3 is 10.1 Å². The summed E-state index contributed by atoms with van der Waals surface area (Å²) in [5, 5.41) is 3.42. The van der Waals surface area contributed by atoms with Crippen LogP contribution in [0.3, 0.4) is 0 Å². The van der Waals surface area contributed by atoms with Crippen LogP contribution in [0.1, 0.15) is 44.2 Å². The van der Waals surface area contributed by atoms with Gasteiger partial charge in [0, 0.05) is 25.7 Å². The Morgan fingerprint density at radius 3 is 2.71 bits per heavy atom. The van der Waals surface area contributed by atoms with Crippen LogP contribution in [-0.2, 0) is 11.3 Å². The summed E-state index contributed by atoms with van der Waals surface area (Å²) in [5.74, 6) is 0.575. The maximum atomic E-state index is 5.58. The summed E-state index contributed by atoms with van der Waals surface area (Å²) in [7, 11) is 0. The van der Waals surface area contributed by atoms with Crippen LogP contribution in [0.2, 0.25) is 0 Å². The minimum absolute atomic E-state index is 0.575. The number of morpholine rings is 1. The first-order valence-corrected chi connectivity index (χ1v) is 8.36. The highest BCUT2D eigenvalue weighted by Gasteiger charge is 2.21. The topological polar surface area (TPSA) is 24.5 Å². The first-order valence-electron chi connectivity index (χ1n) is 8.36. The SMILES string of the molecule is CCNCC(C)c1ccc(CN2CCOCC2CC)cc1. The molecule has 0 radical (unpaired) electrons. The molecule has 0 amide bonds. The van der Waals surface area contributed by atoms with E-state index in [1.54, 1.807) is 0 Å². The lowest BCUT2D eigenvalue weighted by Crippen LogP contribution is -2.44. The monoisotopic (exact) mass is 290 g/mol. The molecule has 0 aromatic heterocycles. The fourth-order valence-electron chi connectivity index (χ4n) is 2.94. The third kappa shape index (κ3) is 4.80. The zero-order chi connectivity index (χ0) is 15.1. The van der Waals surface area contributed by atoms with Gasteiger partial charge in [0.05, 0.1) is 13.2 Å². The van der Waals surface area contributed by atoms with Gasteiger partial charge in [-0.3, -0.25) is 4.90 Å². The van der Waals surface area contributed by atoms with Crippen molar-refractivity contribution in [2.24, 2.45) is 0 Å². The number of likely N-dealkylation sites (N-methyl/N-ethyl adjacent to an activating group) is 1. The lowest BCUT2D eigenvalue weighted by Gasteiger charge is -2.35. The standard InChI is InChI=1S/C18H30N2O/c1-4-18-14-21-11-10-20(18)13-16-6-8-17(9-7-16)15(3)12-19-5-2/h6-9,15,18-19H,4-5,10-14H2,1-3H3. The molecule has 0 aliphatic carbocycles. The van der Waals surface area contributed by atoms with Gasteiger partial charge >= 0.3 is 0 Å². The molecular formula is C18H30N2O. The molecule has 0 saturated carbocycles. The Kier molecular flexibility index (Phi) is 6.68. The lowest BCUT2D eigenvalue weighted by atomic mass is 9.99. The highest BCUT2D eigenvalue weighted by atomic mass is 16.5. The maximum Gasteiger partial charge on any atom is 0.0622 e. The van der Waals surface area contributed by atoms with Gasteiger partial charge in [-0.15, -0.1) is 0 Å². The molecule has 1 aliphatic heterocycles. The average Bonchev–Trinajstić information content (AvgIpc) is 2.54. The van der Waals surface area contributed by atoms with E-state index in [2.05, 4.69) is 55.3 Å². The molecule has 2 atom stereocenters. The second-order valence-corrected chi connectivity index (χ2v) is 6.06. The van der Waals surface area contributed by atoms with Gasteiger partial charge in [0.25, 0.3) is 0 Å². The summed E-state index contributed by atoms with van der Waals surface area (Å²) >= 11 is 0. The fourth-order valence-corrected chi connectivity index (χ4v) is 2.94. The molecule has 2 rings (SSSR count). The van der Waals surface area contributed by atoms with Gasteiger partial charge in [-0.25, -0.2) is 0 Å². The molecule has 118 valence electrons. The van der Waals surface area contributed by atoms with E-state index in [0.717, 1.165) is 45.8 Å². The first kappa shape index (κ1) is 16.5. The molecular weight excluding hydrogens is 260 g/mol. The molecule has 3 nitrogen and oxygen atoms in total. The zero-order valence-corrected chi connectivity index (χ0v) is 13.8. The summed E-state index contributed by atoms with van der Waals surface area (Å²) < 4.78 is 5.58. The second-order valence-electron chi connectivity index (χ2n) is 6.06. The van der Waals surface area contributed by atoms with E-state index in [9.17, 15) is 0 Å². The van der Waals surface area contributed by atoms with Crippen LogP contribution in [0.4, 0.5) is 0 Å². The average molecular weight is 290 g/mol. The molecule has 1 aliphatic rings. The van der Waals surface area contributed by atoms with Crippen molar-refractivity contribution in [2.75, 3.05) is 32.8 Å². The van der Waals surface area contributed by atoms with Crippen molar-refractivity contribution in [1.29, 1.82) is 0 Å². The van der Waals surface area contributed by atoms with Crippen LogP contribution in [0.25, 0.3) is 0 Å². The Balaban J connectivity index is 1.92. The summed E-state index contributed by atoms with van der Waals surface area (Å²) in [6.07, 6.45) is 1.16. The van der Waals surface area contributed by atoms with Crippen LogP contribution in [0, 0.1) is 0 Å². The van der Waals surface area contributed by atoms with Gasteiger partial charge in [0.2, 0.25) is 0 Å². The Morgan fingerprint density at radius 1 is 1.29 bits per heavy atom. The number of hydrogen-bond donors (Lipinski definition) is 1. The molecule has 3 heteroatoms. The third-order valence-corrected chi connectivity index (χ3v) is 4.46. The molecule has 21 heavy (non-hydrogen) atoms. The molecule has 1 aromatic rings. The number of hydrogen-bond acceptors (Lipinski definition) is 3. The number of ether oxygens (including phenoxy) is 1. The quantitative estimate of drug-likeness (QED) is 0.835. The fraction of sp³-hybridized carbons (Fsp3) is 0.667. The third-order valence-electron chi connectivity index (χ3n) is 4.46. The van der Waals surface area contributed by atoms with Crippen LogP contribution in [0.5, 0.6) is 0 Å². The van der Waals surface area contributed by atoms with E-state index in [1.165, 1.54) is 11.1 Å². The van der Waals surface area contributed by atoms with E-state index in [0.29, 0.717) is 12.0 Å². The number of nitrogens with zero attached hydrogens (tertiary/aromatic N) is 1. The summed E-state index contributed by atoms with van der Waals surface area (Å²) in [6, 6.07) is 9.74. The molecule has 2 unspecified atom stereocenters. The Labute approximate surface area is 129 Å². The van der Waals surface area contributed by atoms with Crippen molar-refractivity contribution in [3.8, 4) is 0 Å². The predicted octanol–water partition coefficient (Wildman–Crippen LogP) is 3.01. The van der Waals surface area contributed by atoms with E-state index in [4.69, 9.17) is 4.74 Å². The van der Waals surface area contributed by atoms with Gasteiger partial charge in [0.15, 0.2) is 0 Å². The van der Waals surface area contributed by atoms with E-state index < -0.39 is 0 Å². The zero-order valence-electron chi connectivity index (χ0n) is 13.8. The minimum Gasteiger partial charge on any atom is -0.378 e. The van der Waals surface area contributed by atoms with Crippen molar-refractivity contribution in [1.82, 2.24) is 10.2 Å². The minimum atomic E-state index is 0.575. The van der Waals surface area contributed by atoms with Gasteiger partial charge in [-0.2, -0.15) is 0 Å². The van der Waals surface area contributed by atoms with Crippen molar-refractivity contribution in [2.45, 2.75) is 45.7 Å². The molecule has 1 N–H and O–H groups in total. The number of nitrogens with one attached hydrogen (secondary N) is 1. The van der Waals surface area contributed by atoms with Gasteiger partial charge in [-0.1, -0.05) is 45.0 Å². The molecule has 1 fully saturated rings. The molecule has 1 heterocycles. The van der Waals surface area contributed by atoms with E-state index in [-0.39, 0.29) is 0 Å². The summed E-state index contributed by atoms with van der Waals surface area (Å²) in [5.41, 5.74) is 2.84. The predicted molar refractivity (Wildman–Crippen MR) is 88.7 cm³/mol. The summed E-state index contributed by atoms with van der Waals surface area (Å²) in [4.78, 5) is 2.56. The highest BCUT2D eigenvalue weighted by Crippen LogP contribution is 2.18. The Morgan fingerprint density at radius 2 is 2.05 bits per heavy atom. The first-order chi connectivity index (χ1) is 10.2. The Hall–Kier alpha value is -0.900. The molecule has 0 bridgehead atoms. The molecule has 1 aromatic carbocycles. The van der Waals surface area contributed by atoms with Gasteiger partial charge in [-0.05, 0) is 30.0 Å². The lowest BCUT2D eigenvalue weighted by molar-refractivity contribution is -0.0127. The smallest absolute Gasteiger partial charge is 0.0622 e. The van der Waals surface area contributed by atoms with E-state index in [1.807, 2.05) is 0 Å². The van der Waals surface area contributed by atoms with Crippen molar-refractivity contribution < 1.29 is 4.74 Å². The van der Waals surface area contributed by atoms with Crippen LogP contribution in [0.15, 0.2) is 24.3 Å². The maximum absolute atomic E-state index is 5.58. The van der Waals surface area contributed by atoms with Gasteiger partial charge in [0.1, 0.15) is 0 Å². The summed E-state index contributed by atoms with van der Waals surface area (Å²) in [6.45, 7) is 12.6. The normalized spacial score (nSPS) is 21.4. The second kappa shape index (κ2) is 8.52. The number of rotatable bonds is 7.